The smallest absolute Gasteiger partial charge is 0.312 e. The number of nitro groups is 1. The predicted octanol–water partition coefficient (Wildman–Crippen LogP) is 3.43. The molecule has 4 rings (SSSR count). The Morgan fingerprint density at radius 2 is 1.97 bits per heavy atom. The molecular weight excluding hydrogens is 414 g/mol. The lowest BCUT2D eigenvalue weighted by Crippen LogP contribution is -2.34. The third-order valence-electron chi connectivity index (χ3n) is 5.24. The van der Waals surface area contributed by atoms with Crippen molar-refractivity contribution >= 4 is 28.9 Å². The zero-order chi connectivity index (χ0) is 23.0. The van der Waals surface area contributed by atoms with Gasteiger partial charge in [-0.3, -0.25) is 24.4 Å². The summed E-state index contributed by atoms with van der Waals surface area (Å²) in [6.45, 7) is 5.28. The molecule has 1 aliphatic heterocycles. The number of ether oxygens (including phenoxy) is 1. The lowest BCUT2D eigenvalue weighted by atomic mass is 10.1. The highest BCUT2D eigenvalue weighted by atomic mass is 16.6. The molecule has 10 heteroatoms. The minimum absolute atomic E-state index is 0.0158. The van der Waals surface area contributed by atoms with Crippen molar-refractivity contribution in [2.24, 2.45) is 0 Å². The summed E-state index contributed by atoms with van der Waals surface area (Å²) >= 11 is 0. The average molecular weight is 435 g/mol. The standard InChI is InChI=1S/C22H21N5O5/c1-12-20(27(30)31)13(2)26(25-12)11-15-4-6-16(7-5-15)22(29)23-17-8-9-19-18(10-17)24-21(28)14(3)32-19/h4-10,14H,11H2,1-3H3,(H,23,29)(H,24,28). The van der Waals surface area contributed by atoms with Gasteiger partial charge in [0, 0.05) is 11.3 Å². The lowest BCUT2D eigenvalue weighted by Gasteiger charge is -2.23. The van der Waals surface area contributed by atoms with Gasteiger partial charge < -0.3 is 15.4 Å². The van der Waals surface area contributed by atoms with Gasteiger partial charge in [-0.2, -0.15) is 5.10 Å². The van der Waals surface area contributed by atoms with E-state index in [1.54, 1.807) is 67.9 Å². The van der Waals surface area contributed by atoms with Crippen LogP contribution in [0.15, 0.2) is 42.5 Å². The molecule has 164 valence electrons. The van der Waals surface area contributed by atoms with Gasteiger partial charge in [0.25, 0.3) is 11.8 Å². The number of nitrogens with zero attached hydrogens (tertiary/aromatic N) is 3. The fourth-order valence-electron chi connectivity index (χ4n) is 3.53. The summed E-state index contributed by atoms with van der Waals surface area (Å²) in [5.41, 5.74) is 3.18. The van der Waals surface area contributed by atoms with E-state index in [0.717, 1.165) is 5.56 Å². The van der Waals surface area contributed by atoms with Crippen LogP contribution in [-0.4, -0.2) is 32.6 Å². The number of amides is 2. The minimum Gasteiger partial charge on any atom is -0.479 e. The fraction of sp³-hybridized carbons (Fsp3) is 0.227. The van der Waals surface area contributed by atoms with Gasteiger partial charge in [0.05, 0.1) is 17.2 Å². The Balaban J connectivity index is 1.45. The van der Waals surface area contributed by atoms with E-state index >= 15 is 0 Å². The van der Waals surface area contributed by atoms with Crippen LogP contribution in [0.5, 0.6) is 5.75 Å². The maximum absolute atomic E-state index is 12.6. The van der Waals surface area contributed by atoms with Crippen molar-refractivity contribution < 1.29 is 19.2 Å². The number of hydrogen-bond donors (Lipinski definition) is 2. The maximum Gasteiger partial charge on any atom is 0.312 e. The largest absolute Gasteiger partial charge is 0.479 e. The van der Waals surface area contributed by atoms with E-state index in [9.17, 15) is 19.7 Å². The van der Waals surface area contributed by atoms with Crippen LogP contribution in [0.25, 0.3) is 0 Å². The first kappa shape index (κ1) is 21.0. The molecule has 1 atom stereocenters. The monoisotopic (exact) mass is 435 g/mol. The number of aryl methyl sites for hydroxylation is 1. The number of carbonyl (C=O) groups excluding carboxylic acids is 2. The van der Waals surface area contributed by atoms with Crippen molar-refractivity contribution in [1.29, 1.82) is 0 Å². The van der Waals surface area contributed by atoms with E-state index in [1.807, 2.05) is 0 Å². The zero-order valence-electron chi connectivity index (χ0n) is 17.7. The molecular formula is C22H21N5O5. The third kappa shape index (κ3) is 4.02. The summed E-state index contributed by atoms with van der Waals surface area (Å²) in [7, 11) is 0. The Hall–Kier alpha value is -4.21. The maximum atomic E-state index is 12.6. The number of anilines is 2. The second kappa shape index (κ2) is 8.14. The van der Waals surface area contributed by atoms with E-state index in [4.69, 9.17) is 4.74 Å². The molecule has 0 bridgehead atoms. The SMILES string of the molecule is Cc1nn(Cc2ccc(C(=O)Nc3ccc4c(c3)NC(=O)C(C)O4)cc2)c(C)c1[N+](=O)[O-]. The number of aromatic nitrogens is 2. The van der Waals surface area contributed by atoms with Crippen LogP contribution < -0.4 is 15.4 Å². The van der Waals surface area contributed by atoms with Gasteiger partial charge >= 0.3 is 5.69 Å². The number of benzene rings is 2. The highest BCUT2D eigenvalue weighted by molar-refractivity contribution is 6.05. The second-order valence-electron chi connectivity index (χ2n) is 7.55. The lowest BCUT2D eigenvalue weighted by molar-refractivity contribution is -0.386. The van der Waals surface area contributed by atoms with Gasteiger partial charge in [-0.25, -0.2) is 0 Å². The molecule has 2 N–H and O–H groups in total. The van der Waals surface area contributed by atoms with Gasteiger partial charge in [-0.05, 0) is 56.7 Å². The Morgan fingerprint density at radius 3 is 2.62 bits per heavy atom. The number of nitrogens with one attached hydrogen (secondary N) is 2. The molecule has 3 aromatic rings. The quantitative estimate of drug-likeness (QED) is 0.467. The van der Waals surface area contributed by atoms with Crippen LogP contribution in [0.4, 0.5) is 17.1 Å². The third-order valence-corrected chi connectivity index (χ3v) is 5.24. The highest BCUT2D eigenvalue weighted by Crippen LogP contribution is 2.32. The Labute approximate surface area is 183 Å². The molecule has 2 aromatic carbocycles. The predicted molar refractivity (Wildman–Crippen MR) is 117 cm³/mol. The van der Waals surface area contributed by atoms with Crippen LogP contribution in [0, 0.1) is 24.0 Å². The molecule has 0 radical (unpaired) electrons. The van der Waals surface area contributed by atoms with Crippen molar-refractivity contribution in [1.82, 2.24) is 9.78 Å². The summed E-state index contributed by atoms with van der Waals surface area (Å²) in [4.78, 5) is 35.1. The van der Waals surface area contributed by atoms with Crippen molar-refractivity contribution in [2.75, 3.05) is 10.6 Å². The molecule has 1 unspecified atom stereocenters. The summed E-state index contributed by atoms with van der Waals surface area (Å²) in [5.74, 6) is -0.0111. The molecule has 0 fully saturated rings. The van der Waals surface area contributed by atoms with Gasteiger partial charge in [0.1, 0.15) is 17.1 Å². The minimum atomic E-state index is -0.568. The topological polar surface area (TPSA) is 128 Å². The zero-order valence-corrected chi connectivity index (χ0v) is 17.7. The molecule has 0 aliphatic carbocycles. The molecule has 32 heavy (non-hydrogen) atoms. The summed E-state index contributed by atoms with van der Waals surface area (Å²) in [5, 5.41) is 21.0. The van der Waals surface area contributed by atoms with Gasteiger partial charge in [-0.1, -0.05) is 12.1 Å². The van der Waals surface area contributed by atoms with Crippen LogP contribution in [-0.2, 0) is 11.3 Å². The molecule has 2 amide bonds. The van der Waals surface area contributed by atoms with Gasteiger partial charge in [-0.15, -0.1) is 0 Å². The van der Waals surface area contributed by atoms with E-state index in [0.29, 0.717) is 40.6 Å². The van der Waals surface area contributed by atoms with Crippen LogP contribution in [0.2, 0.25) is 0 Å². The van der Waals surface area contributed by atoms with E-state index in [1.165, 1.54) is 0 Å². The molecule has 1 aliphatic rings. The van der Waals surface area contributed by atoms with E-state index < -0.39 is 11.0 Å². The van der Waals surface area contributed by atoms with Crippen molar-refractivity contribution in [3.63, 3.8) is 0 Å². The van der Waals surface area contributed by atoms with Gasteiger partial charge in [0.2, 0.25) is 0 Å². The number of fused-ring (bicyclic) bond motifs is 1. The van der Waals surface area contributed by atoms with Crippen molar-refractivity contribution in [2.45, 2.75) is 33.4 Å². The number of rotatable bonds is 5. The van der Waals surface area contributed by atoms with Crippen LogP contribution >= 0.6 is 0 Å². The Bertz CT molecular complexity index is 1230. The molecule has 2 heterocycles. The van der Waals surface area contributed by atoms with Crippen LogP contribution in [0.3, 0.4) is 0 Å². The van der Waals surface area contributed by atoms with Gasteiger partial charge in [0.15, 0.2) is 6.10 Å². The second-order valence-corrected chi connectivity index (χ2v) is 7.55. The van der Waals surface area contributed by atoms with Crippen molar-refractivity contribution in [3.05, 3.63) is 75.1 Å². The first-order valence-corrected chi connectivity index (χ1v) is 9.93. The van der Waals surface area contributed by atoms with Crippen LogP contribution in [0.1, 0.15) is 34.2 Å². The fourth-order valence-corrected chi connectivity index (χ4v) is 3.53. The first-order valence-electron chi connectivity index (χ1n) is 9.93. The molecule has 1 aromatic heterocycles. The average Bonchev–Trinajstić information content (AvgIpc) is 3.02. The Morgan fingerprint density at radius 1 is 1.25 bits per heavy atom. The van der Waals surface area contributed by atoms with E-state index in [2.05, 4.69) is 15.7 Å². The summed E-state index contributed by atoms with van der Waals surface area (Å²) < 4.78 is 7.09. The Kier molecular flexibility index (Phi) is 5.35. The number of carbonyl (C=O) groups is 2. The molecule has 0 saturated carbocycles. The van der Waals surface area contributed by atoms with E-state index in [-0.39, 0.29) is 17.5 Å². The molecule has 10 nitrogen and oxygen atoms in total. The summed E-state index contributed by atoms with van der Waals surface area (Å²) in [6.07, 6.45) is -0.568. The number of hydrogen-bond acceptors (Lipinski definition) is 6. The molecule has 0 spiro atoms. The highest BCUT2D eigenvalue weighted by Gasteiger charge is 2.24. The first-order chi connectivity index (χ1) is 15.2. The normalized spacial score (nSPS) is 14.8. The molecule has 0 saturated heterocycles. The summed E-state index contributed by atoms with van der Waals surface area (Å²) in [6, 6.07) is 11.9. The van der Waals surface area contributed by atoms with Crippen molar-refractivity contribution in [3.8, 4) is 5.75 Å².